The second kappa shape index (κ2) is 7.97. The first-order valence-electron chi connectivity index (χ1n) is 9.63. The van der Waals surface area contributed by atoms with Gasteiger partial charge in [0.15, 0.2) is 0 Å². The van der Waals surface area contributed by atoms with Crippen molar-refractivity contribution in [2.75, 3.05) is 7.11 Å². The van der Waals surface area contributed by atoms with Crippen LogP contribution in [0.3, 0.4) is 0 Å². The van der Waals surface area contributed by atoms with Crippen LogP contribution in [0.1, 0.15) is 10.6 Å². The molecule has 0 spiro atoms. The summed E-state index contributed by atoms with van der Waals surface area (Å²) in [5.41, 5.74) is 5.03. The van der Waals surface area contributed by atoms with Crippen molar-refractivity contribution in [3.63, 3.8) is 0 Å². The zero-order valence-corrected chi connectivity index (χ0v) is 17.2. The van der Waals surface area contributed by atoms with Gasteiger partial charge in [0.1, 0.15) is 10.8 Å². The van der Waals surface area contributed by atoms with E-state index in [-0.39, 0.29) is 0 Å². The maximum absolute atomic E-state index is 5.30. The third-order valence-electron chi connectivity index (χ3n) is 4.84. The van der Waals surface area contributed by atoms with Crippen molar-refractivity contribution in [3.05, 3.63) is 95.6 Å². The highest BCUT2D eigenvalue weighted by molar-refractivity contribution is 7.19. The standard InChI is InChI=1S/C25H19N3OS/c1-29-21-14-11-18(12-15-21)25-19(17-28(27-25)20-7-3-2-4-8-20)13-16-24-26-22-9-5-6-10-23(22)30-24/h2-17H,1H3. The molecule has 0 atom stereocenters. The fourth-order valence-corrected chi connectivity index (χ4v) is 4.19. The molecule has 5 heteroatoms. The molecule has 3 aromatic carbocycles. The molecule has 0 radical (unpaired) electrons. The molecule has 0 amide bonds. The summed E-state index contributed by atoms with van der Waals surface area (Å²) in [5, 5.41) is 5.85. The highest BCUT2D eigenvalue weighted by atomic mass is 32.1. The third kappa shape index (κ3) is 3.63. The SMILES string of the molecule is COc1ccc(-c2nn(-c3ccccc3)cc2C=Cc2nc3ccccc3s2)cc1. The molecule has 0 aliphatic carbocycles. The van der Waals surface area contributed by atoms with E-state index in [1.54, 1.807) is 18.4 Å². The monoisotopic (exact) mass is 409 g/mol. The highest BCUT2D eigenvalue weighted by Crippen LogP contribution is 2.28. The molecule has 0 N–H and O–H groups in total. The first kappa shape index (κ1) is 18.3. The maximum atomic E-state index is 5.30. The van der Waals surface area contributed by atoms with Crippen molar-refractivity contribution >= 4 is 33.7 Å². The number of para-hydroxylation sites is 2. The topological polar surface area (TPSA) is 39.9 Å². The van der Waals surface area contributed by atoms with Crippen LogP contribution >= 0.6 is 11.3 Å². The van der Waals surface area contributed by atoms with Gasteiger partial charge in [-0.2, -0.15) is 5.10 Å². The number of ether oxygens (including phenoxy) is 1. The first-order chi connectivity index (χ1) is 14.8. The van der Waals surface area contributed by atoms with Gasteiger partial charge >= 0.3 is 0 Å². The molecule has 5 aromatic rings. The molecule has 0 saturated carbocycles. The third-order valence-corrected chi connectivity index (χ3v) is 5.84. The van der Waals surface area contributed by atoms with Gasteiger partial charge in [-0.15, -0.1) is 11.3 Å². The quantitative estimate of drug-likeness (QED) is 0.341. The smallest absolute Gasteiger partial charge is 0.118 e. The largest absolute Gasteiger partial charge is 0.497 e. The lowest BCUT2D eigenvalue weighted by Crippen LogP contribution is -1.94. The predicted molar refractivity (Wildman–Crippen MR) is 124 cm³/mol. The van der Waals surface area contributed by atoms with Crippen LogP contribution in [-0.4, -0.2) is 21.9 Å². The second-order valence-electron chi connectivity index (χ2n) is 6.79. The van der Waals surface area contributed by atoms with E-state index in [1.165, 1.54) is 4.70 Å². The van der Waals surface area contributed by atoms with Crippen molar-refractivity contribution in [1.29, 1.82) is 0 Å². The van der Waals surface area contributed by atoms with E-state index < -0.39 is 0 Å². The summed E-state index contributed by atoms with van der Waals surface area (Å²) in [7, 11) is 1.67. The number of nitrogens with zero attached hydrogens (tertiary/aromatic N) is 3. The van der Waals surface area contributed by atoms with Crippen LogP contribution in [0.25, 0.3) is 39.3 Å². The summed E-state index contributed by atoms with van der Waals surface area (Å²) in [5.74, 6) is 0.827. The number of rotatable bonds is 5. The van der Waals surface area contributed by atoms with Crippen LogP contribution in [0.2, 0.25) is 0 Å². The van der Waals surface area contributed by atoms with Crippen molar-refractivity contribution < 1.29 is 4.74 Å². The van der Waals surface area contributed by atoms with Gasteiger partial charge in [-0.25, -0.2) is 9.67 Å². The number of hydrogen-bond acceptors (Lipinski definition) is 4. The minimum absolute atomic E-state index is 0.827. The van der Waals surface area contributed by atoms with Crippen LogP contribution in [0.4, 0.5) is 0 Å². The molecule has 0 aliphatic heterocycles. The summed E-state index contributed by atoms with van der Waals surface area (Å²) < 4.78 is 8.40. The molecule has 146 valence electrons. The van der Waals surface area contributed by atoms with Gasteiger partial charge in [-0.1, -0.05) is 30.3 Å². The van der Waals surface area contributed by atoms with E-state index in [2.05, 4.69) is 24.4 Å². The Morgan fingerprint density at radius 2 is 1.63 bits per heavy atom. The zero-order chi connectivity index (χ0) is 20.3. The summed E-state index contributed by atoms with van der Waals surface area (Å²) in [6.07, 6.45) is 6.20. The Kier molecular flexibility index (Phi) is 4.87. The summed E-state index contributed by atoms with van der Waals surface area (Å²) in [4.78, 5) is 4.71. The van der Waals surface area contributed by atoms with Crippen LogP contribution in [0, 0.1) is 0 Å². The van der Waals surface area contributed by atoms with Crippen molar-refractivity contribution in [3.8, 4) is 22.7 Å². The molecule has 0 saturated heterocycles. The van der Waals surface area contributed by atoms with E-state index >= 15 is 0 Å². The molecule has 2 aromatic heterocycles. The molecule has 0 bridgehead atoms. The molecule has 5 rings (SSSR count). The summed E-state index contributed by atoms with van der Waals surface area (Å²) in [6.45, 7) is 0. The number of hydrogen-bond donors (Lipinski definition) is 0. The number of methoxy groups -OCH3 is 1. The number of aromatic nitrogens is 3. The minimum Gasteiger partial charge on any atom is -0.497 e. The number of fused-ring (bicyclic) bond motifs is 1. The average molecular weight is 410 g/mol. The normalized spacial score (nSPS) is 11.4. The van der Waals surface area contributed by atoms with E-state index in [1.807, 2.05) is 77.5 Å². The first-order valence-corrected chi connectivity index (χ1v) is 10.4. The zero-order valence-electron chi connectivity index (χ0n) is 16.4. The van der Waals surface area contributed by atoms with Crippen LogP contribution in [0.15, 0.2) is 85.1 Å². The Labute approximate surface area is 178 Å². The fourth-order valence-electron chi connectivity index (χ4n) is 3.32. The number of benzene rings is 3. The van der Waals surface area contributed by atoms with Gasteiger partial charge in [0.05, 0.1) is 28.7 Å². The molecule has 0 aliphatic rings. The molecule has 2 heterocycles. The molecule has 4 nitrogen and oxygen atoms in total. The van der Waals surface area contributed by atoms with Crippen LogP contribution < -0.4 is 4.74 Å². The lowest BCUT2D eigenvalue weighted by Gasteiger charge is -2.02. The predicted octanol–water partition coefficient (Wildman–Crippen LogP) is 6.33. The van der Waals surface area contributed by atoms with Gasteiger partial charge < -0.3 is 4.74 Å². The van der Waals surface area contributed by atoms with Crippen molar-refractivity contribution in [2.45, 2.75) is 0 Å². The molecule has 0 unspecified atom stereocenters. The lowest BCUT2D eigenvalue weighted by molar-refractivity contribution is 0.415. The highest BCUT2D eigenvalue weighted by Gasteiger charge is 2.11. The van der Waals surface area contributed by atoms with E-state index in [0.29, 0.717) is 0 Å². The number of thiazole rings is 1. The van der Waals surface area contributed by atoms with Gasteiger partial charge in [0.25, 0.3) is 0 Å². The Bertz CT molecular complexity index is 1280. The average Bonchev–Trinajstić information content (AvgIpc) is 3.42. The molecular formula is C25H19N3OS. The van der Waals surface area contributed by atoms with Crippen LogP contribution in [-0.2, 0) is 0 Å². The van der Waals surface area contributed by atoms with Gasteiger partial charge in [-0.05, 0) is 60.7 Å². The maximum Gasteiger partial charge on any atom is 0.118 e. The Balaban J connectivity index is 1.56. The minimum atomic E-state index is 0.827. The van der Waals surface area contributed by atoms with E-state index in [9.17, 15) is 0 Å². The van der Waals surface area contributed by atoms with Crippen molar-refractivity contribution in [2.24, 2.45) is 0 Å². The Morgan fingerprint density at radius 1 is 0.867 bits per heavy atom. The van der Waals surface area contributed by atoms with Gasteiger partial charge in [-0.3, -0.25) is 0 Å². The fraction of sp³-hybridized carbons (Fsp3) is 0.0400. The lowest BCUT2D eigenvalue weighted by atomic mass is 10.1. The van der Waals surface area contributed by atoms with Gasteiger partial charge in [0, 0.05) is 17.3 Å². The second-order valence-corrected chi connectivity index (χ2v) is 7.86. The Hall–Kier alpha value is -3.70. The van der Waals surface area contributed by atoms with Crippen molar-refractivity contribution in [1.82, 2.24) is 14.8 Å². The summed E-state index contributed by atoms with van der Waals surface area (Å²) in [6, 6.07) is 26.3. The van der Waals surface area contributed by atoms with Crippen LogP contribution in [0.5, 0.6) is 5.75 Å². The van der Waals surface area contributed by atoms with E-state index in [0.717, 1.165) is 38.8 Å². The Morgan fingerprint density at radius 3 is 2.40 bits per heavy atom. The molecule has 0 fully saturated rings. The van der Waals surface area contributed by atoms with Gasteiger partial charge in [0.2, 0.25) is 0 Å². The summed E-state index contributed by atoms with van der Waals surface area (Å²) >= 11 is 1.68. The van der Waals surface area contributed by atoms with E-state index in [4.69, 9.17) is 14.8 Å². The molecule has 30 heavy (non-hydrogen) atoms. The molecular weight excluding hydrogens is 390 g/mol.